The van der Waals surface area contributed by atoms with Gasteiger partial charge in [-0.3, -0.25) is 4.79 Å². The molecule has 1 N–H and O–H groups in total. The third kappa shape index (κ3) is 5.25. The average Bonchev–Trinajstić information content (AvgIpc) is 3.54. The Morgan fingerprint density at radius 3 is 2.44 bits per heavy atom. The number of sulfonamides is 1. The molecule has 1 heterocycles. The van der Waals surface area contributed by atoms with Crippen LogP contribution in [0, 0.1) is 22.9 Å². The number of likely N-dealkylation sites (tertiary alicyclic amines) is 1. The van der Waals surface area contributed by atoms with E-state index in [2.05, 4.69) is 4.72 Å². The zero-order valence-electron chi connectivity index (χ0n) is 19.3. The van der Waals surface area contributed by atoms with Crippen LogP contribution in [0.2, 0.25) is 0 Å². The number of carbonyl (C=O) groups excluding carboxylic acids is 1. The summed E-state index contributed by atoms with van der Waals surface area (Å²) in [6.45, 7) is -0.512. The molecule has 1 aliphatic heterocycles. The highest BCUT2D eigenvalue weighted by atomic mass is 32.2. The van der Waals surface area contributed by atoms with Gasteiger partial charge in [0.25, 0.3) is 5.91 Å². The van der Waals surface area contributed by atoms with Crippen molar-refractivity contribution in [3.63, 3.8) is 0 Å². The van der Waals surface area contributed by atoms with Gasteiger partial charge in [0, 0.05) is 36.7 Å². The fourth-order valence-corrected chi connectivity index (χ4v) is 5.82. The minimum atomic E-state index is -4.36. The lowest BCUT2D eigenvalue weighted by Gasteiger charge is -2.30. The molecule has 2 fully saturated rings. The predicted molar refractivity (Wildman–Crippen MR) is 121 cm³/mol. The number of hydrogen-bond donors (Lipinski definition) is 1. The first-order chi connectivity index (χ1) is 17.0. The number of amides is 1. The van der Waals surface area contributed by atoms with E-state index in [1.54, 1.807) is 0 Å². The normalized spacial score (nSPS) is 21.7. The molecule has 1 saturated heterocycles. The number of nitrogens with zero attached hydrogens (tertiary/aromatic N) is 1. The molecule has 1 aliphatic carbocycles. The first-order valence-electron chi connectivity index (χ1n) is 11.2. The Bertz CT molecular complexity index is 1230. The molecular weight excluding hydrogens is 507 g/mol. The zero-order chi connectivity index (χ0) is 26.3. The number of hydrogen-bond acceptors (Lipinski definition) is 4. The second-order valence-corrected chi connectivity index (χ2v) is 11.0. The average molecular weight is 533 g/mol. The Kier molecular flexibility index (Phi) is 7.40. The number of halogens is 5. The molecule has 1 spiro atoms. The fraction of sp³-hybridized carbons (Fsp3) is 0.458. The molecule has 2 aromatic carbocycles. The second-order valence-electron chi connectivity index (χ2n) is 9.28. The Morgan fingerprint density at radius 2 is 1.86 bits per heavy atom. The second kappa shape index (κ2) is 10.1. The molecule has 0 radical (unpaired) electrons. The SMILES string of the molecule is COC[C@@H](F)C(=O)N1CC2(CC2)[C@H](NS(=O)(=O)CF)[C@@H]1Cc1cccc(-c2cc(F)cc(F)c2)c1F. The van der Waals surface area contributed by atoms with Crippen LogP contribution in [0.1, 0.15) is 18.4 Å². The summed E-state index contributed by atoms with van der Waals surface area (Å²) in [5, 5.41) is 0. The standard InChI is InChI=1S/C24H25F5N2O4S/c1-35-11-19(28)23(32)31-12-24(5-6-24)22(30-36(33,34)13-25)20(31)9-14-3-2-4-18(21(14)29)15-7-16(26)10-17(27)8-15/h2-4,7-8,10,19-20,22,30H,5-6,9,11-13H2,1H3/t19-,20+,22-/m1/s1. The van der Waals surface area contributed by atoms with Crippen LogP contribution in [-0.2, 0) is 26.0 Å². The number of carbonyl (C=O) groups is 1. The van der Waals surface area contributed by atoms with Gasteiger partial charge in [-0.25, -0.2) is 35.1 Å². The number of benzene rings is 2. The molecule has 2 aromatic rings. The van der Waals surface area contributed by atoms with Crippen LogP contribution >= 0.6 is 0 Å². The van der Waals surface area contributed by atoms with Crippen molar-refractivity contribution in [3.8, 4) is 11.1 Å². The molecule has 36 heavy (non-hydrogen) atoms. The van der Waals surface area contributed by atoms with Crippen molar-refractivity contribution in [1.29, 1.82) is 0 Å². The van der Waals surface area contributed by atoms with Crippen LogP contribution < -0.4 is 4.72 Å². The molecule has 196 valence electrons. The number of nitrogens with one attached hydrogen (secondary N) is 1. The van der Waals surface area contributed by atoms with Crippen molar-refractivity contribution in [2.75, 3.05) is 26.3 Å². The fourth-order valence-electron chi connectivity index (χ4n) is 4.96. The molecule has 0 aromatic heterocycles. The summed E-state index contributed by atoms with van der Waals surface area (Å²) in [6.07, 6.45) is -1.25. The molecule has 0 unspecified atom stereocenters. The molecule has 1 saturated carbocycles. The third-order valence-electron chi connectivity index (χ3n) is 6.82. The maximum absolute atomic E-state index is 15.6. The molecule has 6 nitrogen and oxygen atoms in total. The minimum absolute atomic E-state index is 0.0104. The van der Waals surface area contributed by atoms with Crippen LogP contribution in [0.4, 0.5) is 22.0 Å². The summed E-state index contributed by atoms with van der Waals surface area (Å²) in [7, 11) is -3.14. The van der Waals surface area contributed by atoms with E-state index in [0.717, 1.165) is 17.0 Å². The van der Waals surface area contributed by atoms with Gasteiger partial charge < -0.3 is 9.64 Å². The molecule has 0 bridgehead atoms. The Hall–Kier alpha value is -2.57. The zero-order valence-corrected chi connectivity index (χ0v) is 20.1. The van der Waals surface area contributed by atoms with Gasteiger partial charge in [0.1, 0.15) is 17.5 Å². The van der Waals surface area contributed by atoms with Crippen LogP contribution in [0.3, 0.4) is 0 Å². The molecule has 3 atom stereocenters. The third-order valence-corrected chi connectivity index (χ3v) is 7.72. The summed E-state index contributed by atoms with van der Waals surface area (Å²) in [4.78, 5) is 14.1. The van der Waals surface area contributed by atoms with Gasteiger partial charge in [-0.2, -0.15) is 0 Å². The highest BCUT2D eigenvalue weighted by molar-refractivity contribution is 7.89. The van der Waals surface area contributed by atoms with Gasteiger partial charge in [0.05, 0.1) is 12.6 Å². The number of rotatable bonds is 9. The van der Waals surface area contributed by atoms with Crippen LogP contribution in [0.15, 0.2) is 36.4 Å². The Labute approximate surface area is 205 Å². The largest absolute Gasteiger partial charge is 0.381 e. The van der Waals surface area contributed by atoms with Gasteiger partial charge >= 0.3 is 0 Å². The smallest absolute Gasteiger partial charge is 0.259 e. The highest BCUT2D eigenvalue weighted by Gasteiger charge is 2.61. The van der Waals surface area contributed by atoms with Gasteiger partial charge in [-0.15, -0.1) is 0 Å². The lowest BCUT2D eigenvalue weighted by molar-refractivity contribution is -0.139. The van der Waals surface area contributed by atoms with E-state index in [1.807, 2.05) is 0 Å². The van der Waals surface area contributed by atoms with E-state index in [4.69, 9.17) is 4.74 Å². The van der Waals surface area contributed by atoms with Crippen LogP contribution in [0.25, 0.3) is 11.1 Å². The first kappa shape index (κ1) is 26.5. The lowest BCUT2D eigenvalue weighted by atomic mass is 9.91. The van der Waals surface area contributed by atoms with Crippen molar-refractivity contribution in [2.24, 2.45) is 5.41 Å². The Morgan fingerprint density at radius 1 is 1.19 bits per heavy atom. The topological polar surface area (TPSA) is 75.7 Å². The molecule has 2 aliphatic rings. The van der Waals surface area contributed by atoms with Crippen molar-refractivity contribution < 1.29 is 39.9 Å². The lowest BCUT2D eigenvalue weighted by Crippen LogP contribution is -2.51. The Balaban J connectivity index is 1.73. The number of ether oxygens (including phenoxy) is 1. The van der Waals surface area contributed by atoms with E-state index < -0.39 is 69.7 Å². The van der Waals surface area contributed by atoms with Crippen molar-refractivity contribution in [2.45, 2.75) is 37.5 Å². The minimum Gasteiger partial charge on any atom is -0.381 e. The maximum Gasteiger partial charge on any atom is 0.259 e. The first-order valence-corrected chi connectivity index (χ1v) is 12.9. The van der Waals surface area contributed by atoms with E-state index in [-0.39, 0.29) is 29.7 Å². The van der Waals surface area contributed by atoms with Crippen molar-refractivity contribution >= 4 is 15.9 Å². The number of methoxy groups -OCH3 is 1. The molecule has 12 heteroatoms. The quantitative estimate of drug-likeness (QED) is 0.502. The van der Waals surface area contributed by atoms with E-state index in [1.165, 1.54) is 25.3 Å². The summed E-state index contributed by atoms with van der Waals surface area (Å²) >= 11 is 0. The summed E-state index contributed by atoms with van der Waals surface area (Å²) in [5.41, 5.74) is -0.867. The highest BCUT2D eigenvalue weighted by Crippen LogP contribution is 2.55. The molecule has 4 rings (SSSR count). The number of alkyl halides is 2. The molecular formula is C24H25F5N2O4S. The molecule has 1 amide bonds. The summed E-state index contributed by atoms with van der Waals surface area (Å²) in [5.74, 6) is -3.57. The monoisotopic (exact) mass is 532 g/mol. The van der Waals surface area contributed by atoms with Gasteiger partial charge in [-0.05, 0) is 42.5 Å². The van der Waals surface area contributed by atoms with E-state index in [0.29, 0.717) is 18.9 Å². The van der Waals surface area contributed by atoms with Gasteiger partial charge in [0.15, 0.2) is 0 Å². The summed E-state index contributed by atoms with van der Waals surface area (Å²) < 4.78 is 102. The van der Waals surface area contributed by atoms with Gasteiger partial charge in [0.2, 0.25) is 22.2 Å². The van der Waals surface area contributed by atoms with Crippen LogP contribution in [-0.4, -0.2) is 63.7 Å². The van der Waals surface area contributed by atoms with E-state index >= 15 is 4.39 Å². The van der Waals surface area contributed by atoms with Crippen LogP contribution in [0.5, 0.6) is 0 Å². The van der Waals surface area contributed by atoms with Gasteiger partial charge in [-0.1, -0.05) is 18.2 Å². The van der Waals surface area contributed by atoms with Crippen molar-refractivity contribution in [1.82, 2.24) is 9.62 Å². The maximum atomic E-state index is 15.6. The van der Waals surface area contributed by atoms with Crippen molar-refractivity contribution in [3.05, 3.63) is 59.4 Å². The van der Waals surface area contributed by atoms with E-state index in [9.17, 15) is 30.8 Å². The summed E-state index contributed by atoms with van der Waals surface area (Å²) in [6, 6.07) is 3.04. The predicted octanol–water partition coefficient (Wildman–Crippen LogP) is 3.50.